The third kappa shape index (κ3) is 7.91. The zero-order valence-electron chi connectivity index (χ0n) is 23.3. The number of hydrogen-bond donors (Lipinski definition) is 3. The average molecular weight is 660 g/mol. The highest BCUT2D eigenvalue weighted by molar-refractivity contribution is 5.90. The van der Waals surface area contributed by atoms with Gasteiger partial charge in [0.05, 0.1) is 29.6 Å². The number of imidazole rings is 2. The minimum atomic E-state index is -5.08. The average Bonchev–Trinajstić information content (AvgIpc) is 3.73. The Morgan fingerprint density at radius 2 is 1.59 bits per heavy atom. The summed E-state index contributed by atoms with van der Waals surface area (Å²) in [5.74, 6) is -4.69. The van der Waals surface area contributed by atoms with Crippen LogP contribution in [0.15, 0.2) is 61.2 Å². The number of alkyl halides is 6. The molecule has 1 spiro atoms. The van der Waals surface area contributed by atoms with Crippen LogP contribution in [0.3, 0.4) is 0 Å². The molecule has 1 aliphatic heterocycles. The topological polar surface area (TPSA) is 151 Å². The van der Waals surface area contributed by atoms with Crippen molar-refractivity contribution < 1.29 is 60.1 Å². The first-order chi connectivity index (χ1) is 21.5. The number of anilines is 1. The fourth-order valence-electron chi connectivity index (χ4n) is 4.94. The molecule has 3 heterocycles. The van der Waals surface area contributed by atoms with Crippen LogP contribution in [0.25, 0.3) is 16.7 Å². The third-order valence-electron chi connectivity index (χ3n) is 7.17. The SMILES string of the molecule is O=C(O)C(F)(F)F.O=C(O)C(F)(F)F.O=C1OC2(CCC(c3nc4cc(-n5ccnc5)ccc4[nH]3)CC2)CN1c1ccccc1F. The summed E-state index contributed by atoms with van der Waals surface area (Å²) in [5, 5.41) is 14.2. The molecule has 46 heavy (non-hydrogen) atoms. The number of para-hydroxylation sites is 1. The van der Waals surface area contributed by atoms with Gasteiger partial charge in [-0.1, -0.05) is 12.1 Å². The third-order valence-corrected chi connectivity index (χ3v) is 7.17. The number of nitrogens with one attached hydrogen (secondary N) is 1. The molecule has 0 radical (unpaired) electrons. The molecule has 1 saturated heterocycles. The number of rotatable bonds is 3. The van der Waals surface area contributed by atoms with Crippen LogP contribution in [0.5, 0.6) is 0 Å². The van der Waals surface area contributed by atoms with Crippen molar-refractivity contribution in [3.05, 3.63) is 72.8 Å². The van der Waals surface area contributed by atoms with Gasteiger partial charge in [-0.2, -0.15) is 26.3 Å². The maximum Gasteiger partial charge on any atom is 0.490 e. The van der Waals surface area contributed by atoms with Gasteiger partial charge in [0.2, 0.25) is 0 Å². The van der Waals surface area contributed by atoms with E-state index < -0.39 is 41.8 Å². The Morgan fingerprint density at radius 1 is 0.978 bits per heavy atom. The Hall–Kier alpha value is -5.16. The fourth-order valence-corrected chi connectivity index (χ4v) is 4.94. The van der Waals surface area contributed by atoms with Crippen LogP contribution < -0.4 is 4.90 Å². The molecule has 0 atom stereocenters. The quantitative estimate of drug-likeness (QED) is 0.220. The number of benzene rings is 2. The van der Waals surface area contributed by atoms with Crippen molar-refractivity contribution in [2.75, 3.05) is 11.4 Å². The van der Waals surface area contributed by atoms with E-state index in [1.807, 2.05) is 29.0 Å². The van der Waals surface area contributed by atoms with Gasteiger partial charge in [-0.15, -0.1) is 0 Å². The minimum Gasteiger partial charge on any atom is -0.475 e. The number of amides is 1. The van der Waals surface area contributed by atoms with Crippen molar-refractivity contribution in [1.82, 2.24) is 19.5 Å². The van der Waals surface area contributed by atoms with E-state index >= 15 is 0 Å². The second kappa shape index (κ2) is 13.1. The van der Waals surface area contributed by atoms with Crippen molar-refractivity contribution in [3.63, 3.8) is 0 Å². The Bertz CT molecular complexity index is 1670. The van der Waals surface area contributed by atoms with Crippen LogP contribution in [0.2, 0.25) is 0 Å². The lowest BCUT2D eigenvalue weighted by atomic mass is 9.78. The van der Waals surface area contributed by atoms with Gasteiger partial charge < -0.3 is 24.5 Å². The smallest absolute Gasteiger partial charge is 0.475 e. The highest BCUT2D eigenvalue weighted by Gasteiger charge is 2.48. The van der Waals surface area contributed by atoms with Crippen LogP contribution in [0.4, 0.5) is 41.2 Å². The maximum absolute atomic E-state index is 14.2. The van der Waals surface area contributed by atoms with E-state index in [1.165, 1.54) is 11.0 Å². The number of H-pyrrole nitrogens is 1. The van der Waals surface area contributed by atoms with Crippen molar-refractivity contribution in [1.29, 1.82) is 0 Å². The van der Waals surface area contributed by atoms with Gasteiger partial charge in [-0.05, 0) is 56.0 Å². The number of aromatic nitrogens is 4. The molecule has 6 rings (SSSR count). The number of halogens is 7. The number of carboxylic acids is 2. The van der Waals surface area contributed by atoms with Crippen molar-refractivity contribution in [2.45, 2.75) is 49.6 Å². The second-order valence-corrected chi connectivity index (χ2v) is 10.3. The summed E-state index contributed by atoms with van der Waals surface area (Å²) in [6.07, 6.45) is -2.05. The van der Waals surface area contributed by atoms with E-state index in [1.54, 1.807) is 30.7 Å². The fraction of sp³-hybridized carbons (Fsp3) is 0.321. The van der Waals surface area contributed by atoms with E-state index in [4.69, 9.17) is 29.5 Å². The van der Waals surface area contributed by atoms with Crippen molar-refractivity contribution in [3.8, 4) is 5.69 Å². The van der Waals surface area contributed by atoms with Gasteiger partial charge in [0.25, 0.3) is 0 Å². The molecule has 2 aromatic carbocycles. The molecule has 11 nitrogen and oxygen atoms in total. The van der Waals surface area contributed by atoms with Crippen LogP contribution in [-0.4, -0.2) is 72.3 Å². The number of carbonyl (C=O) groups is 3. The lowest BCUT2D eigenvalue weighted by Gasteiger charge is -2.34. The van der Waals surface area contributed by atoms with E-state index in [9.17, 15) is 35.5 Å². The number of nitrogens with zero attached hydrogens (tertiary/aromatic N) is 4. The molecule has 1 aliphatic carbocycles. The first-order valence-electron chi connectivity index (χ1n) is 13.3. The summed E-state index contributed by atoms with van der Waals surface area (Å²) in [6, 6.07) is 12.5. The minimum absolute atomic E-state index is 0.269. The number of carbonyl (C=O) groups excluding carboxylic acids is 1. The van der Waals surface area contributed by atoms with E-state index in [0.717, 1.165) is 48.2 Å². The summed E-state index contributed by atoms with van der Waals surface area (Å²) in [7, 11) is 0. The van der Waals surface area contributed by atoms with E-state index in [-0.39, 0.29) is 11.6 Å². The number of hydrogen-bond acceptors (Lipinski definition) is 6. The molecular weight excluding hydrogens is 635 g/mol. The lowest BCUT2D eigenvalue weighted by Crippen LogP contribution is -2.38. The van der Waals surface area contributed by atoms with Gasteiger partial charge in [-0.3, -0.25) is 4.90 Å². The molecule has 2 fully saturated rings. The summed E-state index contributed by atoms with van der Waals surface area (Å²) < 4.78 is 85.4. The van der Waals surface area contributed by atoms with Crippen LogP contribution in [-0.2, 0) is 14.3 Å². The van der Waals surface area contributed by atoms with E-state index in [2.05, 4.69) is 9.97 Å². The zero-order chi connectivity index (χ0) is 33.9. The highest BCUT2D eigenvalue weighted by Crippen LogP contribution is 2.44. The Labute approximate surface area is 254 Å². The molecule has 2 aromatic heterocycles. The molecule has 2 aliphatic rings. The van der Waals surface area contributed by atoms with Crippen molar-refractivity contribution in [2.24, 2.45) is 0 Å². The Kier molecular flexibility index (Phi) is 9.57. The largest absolute Gasteiger partial charge is 0.490 e. The van der Waals surface area contributed by atoms with Crippen LogP contribution >= 0.6 is 0 Å². The molecule has 3 N–H and O–H groups in total. The predicted octanol–water partition coefficient (Wildman–Crippen LogP) is 6.21. The van der Waals surface area contributed by atoms with Gasteiger partial charge in [0.1, 0.15) is 17.2 Å². The van der Waals surface area contributed by atoms with Gasteiger partial charge >= 0.3 is 30.4 Å². The highest BCUT2D eigenvalue weighted by atomic mass is 19.4. The molecular formula is C28H24F7N5O6. The summed E-state index contributed by atoms with van der Waals surface area (Å²) in [5.41, 5.74) is 2.66. The molecule has 18 heteroatoms. The van der Waals surface area contributed by atoms with Crippen LogP contribution in [0.1, 0.15) is 37.4 Å². The van der Waals surface area contributed by atoms with Crippen molar-refractivity contribution >= 4 is 34.8 Å². The van der Waals surface area contributed by atoms with Gasteiger partial charge in [0.15, 0.2) is 0 Å². The number of carboxylic acid groups (broad SMARTS) is 2. The molecule has 0 unspecified atom stereocenters. The summed E-state index contributed by atoms with van der Waals surface area (Å²) in [6.45, 7) is 0.383. The standard InChI is InChI=1S/C24H22FN5O2.2C2HF3O2/c25-18-3-1-2-4-21(18)30-14-24(32-23(30)31)9-7-16(8-10-24)22-27-19-6-5-17(13-20(19)28-22)29-12-11-26-15-29;2*3-2(4,5)1(6)7/h1-6,11-13,15-16H,7-10,14H2,(H,27,28);2*(H,6,7). The second-order valence-electron chi connectivity index (χ2n) is 10.3. The molecule has 1 saturated carbocycles. The lowest BCUT2D eigenvalue weighted by molar-refractivity contribution is -0.193. The number of ether oxygens (including phenoxy) is 1. The number of aromatic amines is 1. The normalized spacial score (nSPS) is 19.6. The Morgan fingerprint density at radius 3 is 2.13 bits per heavy atom. The summed E-state index contributed by atoms with van der Waals surface area (Å²) in [4.78, 5) is 44.1. The first kappa shape index (κ1) is 33.7. The predicted molar refractivity (Wildman–Crippen MR) is 145 cm³/mol. The van der Waals surface area contributed by atoms with Gasteiger partial charge in [0, 0.05) is 24.0 Å². The van der Waals surface area contributed by atoms with Crippen LogP contribution in [0, 0.1) is 5.82 Å². The summed E-state index contributed by atoms with van der Waals surface area (Å²) >= 11 is 0. The zero-order valence-corrected chi connectivity index (χ0v) is 23.3. The Balaban J connectivity index is 0.000000289. The van der Waals surface area contributed by atoms with E-state index in [0.29, 0.717) is 6.54 Å². The maximum atomic E-state index is 14.2. The number of fused-ring (bicyclic) bond motifs is 1. The molecule has 1 amide bonds. The molecule has 0 bridgehead atoms. The van der Waals surface area contributed by atoms with Gasteiger partial charge in [-0.25, -0.2) is 28.7 Å². The number of aliphatic carboxylic acids is 2. The molecule has 246 valence electrons. The first-order valence-corrected chi connectivity index (χ1v) is 13.3. The molecule has 4 aromatic rings. The monoisotopic (exact) mass is 659 g/mol.